The Labute approximate surface area is 138 Å². The van der Waals surface area contributed by atoms with Crippen molar-refractivity contribution in [3.8, 4) is 0 Å². The van der Waals surface area contributed by atoms with Crippen molar-refractivity contribution in [1.82, 2.24) is 0 Å². The fourth-order valence-corrected chi connectivity index (χ4v) is 2.69. The molecule has 0 heterocycles. The average molecular weight is 311 g/mol. The maximum atomic E-state index is 11.5. The molecule has 0 aromatic rings. The topological polar surface area (TPSA) is 26.3 Å². The third-order valence-corrected chi connectivity index (χ3v) is 4.23. The summed E-state index contributed by atoms with van der Waals surface area (Å²) in [5.74, 6) is 0.292. The van der Waals surface area contributed by atoms with E-state index in [-0.39, 0.29) is 5.97 Å². The van der Waals surface area contributed by atoms with Gasteiger partial charge >= 0.3 is 5.97 Å². The normalized spacial score (nSPS) is 12.1. The van der Waals surface area contributed by atoms with Crippen LogP contribution in [0.3, 0.4) is 0 Å². The van der Waals surface area contributed by atoms with Crippen molar-refractivity contribution < 1.29 is 9.53 Å². The molecule has 1 unspecified atom stereocenters. The van der Waals surface area contributed by atoms with Crippen molar-refractivity contribution >= 4 is 5.97 Å². The molecule has 0 saturated carbocycles. The quantitative estimate of drug-likeness (QED) is 0.197. The zero-order chi connectivity index (χ0) is 16.6. The molecule has 2 nitrogen and oxygen atoms in total. The van der Waals surface area contributed by atoms with E-state index in [2.05, 4.69) is 20.4 Å². The van der Waals surface area contributed by atoms with Gasteiger partial charge in [0.1, 0.15) is 0 Å². The molecule has 0 fully saturated rings. The van der Waals surface area contributed by atoms with Gasteiger partial charge in [-0.3, -0.25) is 0 Å². The van der Waals surface area contributed by atoms with Crippen molar-refractivity contribution in [1.29, 1.82) is 0 Å². The highest BCUT2D eigenvalue weighted by Crippen LogP contribution is 2.19. The van der Waals surface area contributed by atoms with Crippen LogP contribution in [0.15, 0.2) is 12.2 Å². The molecule has 0 N–H and O–H groups in total. The molecule has 1 atom stereocenters. The number of hydrogen-bond acceptors (Lipinski definition) is 2. The van der Waals surface area contributed by atoms with Crippen LogP contribution in [-0.2, 0) is 9.53 Å². The minimum Gasteiger partial charge on any atom is -0.462 e. The molecule has 0 aliphatic heterocycles. The van der Waals surface area contributed by atoms with Crippen molar-refractivity contribution in [3.05, 3.63) is 12.2 Å². The Morgan fingerprint density at radius 1 is 0.864 bits per heavy atom. The summed E-state index contributed by atoms with van der Waals surface area (Å²) >= 11 is 0. The summed E-state index contributed by atoms with van der Waals surface area (Å²) in [4.78, 5) is 11.5. The van der Waals surface area contributed by atoms with E-state index in [1.165, 1.54) is 77.0 Å². The van der Waals surface area contributed by atoms with E-state index in [9.17, 15) is 4.79 Å². The van der Waals surface area contributed by atoms with Crippen LogP contribution >= 0.6 is 0 Å². The second-order valence-electron chi connectivity index (χ2n) is 6.65. The van der Waals surface area contributed by atoms with Crippen molar-refractivity contribution in [3.63, 3.8) is 0 Å². The second-order valence-corrected chi connectivity index (χ2v) is 6.65. The lowest BCUT2D eigenvalue weighted by Gasteiger charge is -2.16. The van der Waals surface area contributed by atoms with Crippen LogP contribution in [0.25, 0.3) is 0 Å². The van der Waals surface area contributed by atoms with E-state index in [1.807, 2.05) is 0 Å². The number of carbonyl (C=O) groups is 1. The third kappa shape index (κ3) is 12.9. The second kappa shape index (κ2) is 15.1. The highest BCUT2D eigenvalue weighted by atomic mass is 16.5. The van der Waals surface area contributed by atoms with Gasteiger partial charge < -0.3 is 4.74 Å². The molecule has 130 valence electrons. The van der Waals surface area contributed by atoms with Gasteiger partial charge in [-0.2, -0.15) is 0 Å². The fourth-order valence-electron chi connectivity index (χ4n) is 2.69. The van der Waals surface area contributed by atoms with E-state index >= 15 is 0 Å². The van der Waals surface area contributed by atoms with Gasteiger partial charge in [0.15, 0.2) is 0 Å². The summed E-state index contributed by atoms with van der Waals surface area (Å²) in [6, 6.07) is 0. The van der Waals surface area contributed by atoms with E-state index in [1.54, 1.807) is 6.92 Å². The fraction of sp³-hybridized carbons (Fsp3) is 0.850. The summed E-state index contributed by atoms with van der Waals surface area (Å²) in [5, 5.41) is 0. The van der Waals surface area contributed by atoms with E-state index < -0.39 is 0 Å². The lowest BCUT2D eigenvalue weighted by molar-refractivity contribution is -0.140. The first-order valence-electron chi connectivity index (χ1n) is 9.44. The van der Waals surface area contributed by atoms with Gasteiger partial charge in [0, 0.05) is 5.57 Å². The first kappa shape index (κ1) is 21.2. The first-order chi connectivity index (χ1) is 10.6. The Morgan fingerprint density at radius 2 is 1.36 bits per heavy atom. The predicted molar refractivity (Wildman–Crippen MR) is 96.0 cm³/mol. The van der Waals surface area contributed by atoms with Crippen LogP contribution in [0.1, 0.15) is 97.8 Å². The number of rotatable bonds is 15. The monoisotopic (exact) mass is 310 g/mol. The van der Waals surface area contributed by atoms with Gasteiger partial charge in [-0.15, -0.1) is 0 Å². The molecule has 0 bridgehead atoms. The number of ether oxygens (including phenoxy) is 1. The summed E-state index contributed by atoms with van der Waals surface area (Å²) in [5.41, 5.74) is 0.501. The van der Waals surface area contributed by atoms with Gasteiger partial charge in [-0.25, -0.2) is 4.79 Å². The lowest BCUT2D eigenvalue weighted by Crippen LogP contribution is -2.15. The molecule has 0 rings (SSSR count). The summed E-state index contributed by atoms with van der Waals surface area (Å²) in [7, 11) is 0. The van der Waals surface area contributed by atoms with E-state index in [0.29, 0.717) is 18.1 Å². The van der Waals surface area contributed by atoms with Crippen LogP contribution < -0.4 is 0 Å². The molecular formula is C20H38O2. The highest BCUT2D eigenvalue weighted by Gasteiger charge is 2.12. The number of esters is 1. The predicted octanol–water partition coefficient (Wildman–Crippen LogP) is 6.44. The molecule has 0 aromatic carbocycles. The summed E-state index contributed by atoms with van der Waals surface area (Å²) in [6.07, 6.45) is 15.6. The standard InChI is InChI=1S/C20H38O2/c1-5-7-9-10-11-12-13-14-16-19(15-8-6-2)17-22-20(21)18(3)4/h19H,3,5-17H2,1-2,4H3. The molecule has 0 aliphatic carbocycles. The zero-order valence-electron chi connectivity index (χ0n) is 15.3. The molecule has 22 heavy (non-hydrogen) atoms. The maximum absolute atomic E-state index is 11.5. The molecule has 0 amide bonds. The largest absolute Gasteiger partial charge is 0.462 e. The molecule has 0 aliphatic rings. The Morgan fingerprint density at radius 3 is 1.91 bits per heavy atom. The Balaban J connectivity index is 3.75. The van der Waals surface area contributed by atoms with Crippen LogP contribution in [0, 0.1) is 5.92 Å². The number of unbranched alkanes of at least 4 members (excludes halogenated alkanes) is 8. The average Bonchev–Trinajstić information content (AvgIpc) is 2.51. The molecule has 2 heteroatoms. The van der Waals surface area contributed by atoms with Gasteiger partial charge in [-0.05, 0) is 25.7 Å². The molecule has 0 spiro atoms. The SMILES string of the molecule is C=C(C)C(=O)OCC(CCCC)CCCCCCCCCC. The smallest absolute Gasteiger partial charge is 0.333 e. The minimum absolute atomic E-state index is 0.238. The van der Waals surface area contributed by atoms with E-state index in [4.69, 9.17) is 4.74 Å². The molecule has 0 radical (unpaired) electrons. The third-order valence-electron chi connectivity index (χ3n) is 4.23. The molecule has 0 saturated heterocycles. The first-order valence-corrected chi connectivity index (χ1v) is 9.44. The van der Waals surface area contributed by atoms with Gasteiger partial charge in [0.05, 0.1) is 6.61 Å². The Hall–Kier alpha value is -0.790. The van der Waals surface area contributed by atoms with Crippen LogP contribution in [0.5, 0.6) is 0 Å². The van der Waals surface area contributed by atoms with Crippen LogP contribution in [0.2, 0.25) is 0 Å². The molecular weight excluding hydrogens is 272 g/mol. The Kier molecular flexibility index (Phi) is 14.6. The van der Waals surface area contributed by atoms with Crippen molar-refractivity contribution in [2.75, 3.05) is 6.61 Å². The van der Waals surface area contributed by atoms with Crippen molar-refractivity contribution in [2.24, 2.45) is 5.92 Å². The Bertz CT molecular complexity index is 283. The van der Waals surface area contributed by atoms with Gasteiger partial charge in [0.25, 0.3) is 0 Å². The lowest BCUT2D eigenvalue weighted by atomic mass is 9.95. The van der Waals surface area contributed by atoms with Crippen LogP contribution in [-0.4, -0.2) is 12.6 Å². The van der Waals surface area contributed by atoms with Gasteiger partial charge in [0.2, 0.25) is 0 Å². The summed E-state index contributed by atoms with van der Waals surface area (Å²) in [6.45, 7) is 10.4. The number of hydrogen-bond donors (Lipinski definition) is 0. The van der Waals surface area contributed by atoms with Crippen LogP contribution in [0.4, 0.5) is 0 Å². The van der Waals surface area contributed by atoms with Gasteiger partial charge in [-0.1, -0.05) is 84.6 Å². The minimum atomic E-state index is -0.238. The van der Waals surface area contributed by atoms with Crippen molar-refractivity contribution in [2.45, 2.75) is 97.8 Å². The zero-order valence-corrected chi connectivity index (χ0v) is 15.3. The maximum Gasteiger partial charge on any atom is 0.333 e. The molecule has 0 aromatic heterocycles. The van der Waals surface area contributed by atoms with E-state index in [0.717, 1.165) is 0 Å². The highest BCUT2D eigenvalue weighted by molar-refractivity contribution is 5.86. The summed E-state index contributed by atoms with van der Waals surface area (Å²) < 4.78 is 5.35. The number of carbonyl (C=O) groups excluding carboxylic acids is 1.